The van der Waals surface area contributed by atoms with Crippen molar-refractivity contribution in [1.82, 2.24) is 4.90 Å². The number of amides is 1. The van der Waals surface area contributed by atoms with Crippen molar-refractivity contribution in [2.24, 2.45) is 0 Å². The minimum absolute atomic E-state index is 0.163. The van der Waals surface area contributed by atoms with E-state index < -0.39 is 0 Å². The Hall–Kier alpha value is -2.49. The van der Waals surface area contributed by atoms with Gasteiger partial charge in [-0.05, 0) is 74.6 Å². The molecule has 0 aromatic heterocycles. The maximum atomic E-state index is 12.5. The van der Waals surface area contributed by atoms with E-state index in [1.807, 2.05) is 92.3 Å². The molecular formula is C28H47NO3. The Kier molecular flexibility index (Phi) is 17.9. The van der Waals surface area contributed by atoms with Crippen LogP contribution < -0.4 is 4.74 Å². The van der Waals surface area contributed by atoms with Crippen LogP contribution in [0.15, 0.2) is 30.3 Å². The van der Waals surface area contributed by atoms with E-state index in [0.29, 0.717) is 12.2 Å². The molecule has 0 spiro atoms. The molecule has 1 amide bonds. The maximum absolute atomic E-state index is 12.5. The lowest BCUT2D eigenvalue weighted by Gasteiger charge is -2.21. The molecule has 2 rings (SSSR count). The first-order valence-electron chi connectivity index (χ1n) is 12.2. The topological polar surface area (TPSA) is 49.8 Å². The van der Waals surface area contributed by atoms with Crippen LogP contribution >= 0.6 is 0 Å². The number of nitrogens with zero attached hydrogens (tertiary/aromatic N) is 1. The lowest BCUT2D eigenvalue weighted by Crippen LogP contribution is -2.32. The van der Waals surface area contributed by atoms with E-state index >= 15 is 0 Å². The molecule has 0 bridgehead atoms. The van der Waals surface area contributed by atoms with Gasteiger partial charge >= 0.3 is 0 Å². The number of hydrogen-bond acceptors (Lipinski definition) is 3. The number of benzene rings is 2. The van der Waals surface area contributed by atoms with E-state index in [-0.39, 0.29) is 11.7 Å². The molecule has 32 heavy (non-hydrogen) atoms. The van der Waals surface area contributed by atoms with Crippen LogP contribution in [0.3, 0.4) is 0 Å². The number of ether oxygens (including phenoxy) is 1. The van der Waals surface area contributed by atoms with Crippen molar-refractivity contribution in [2.45, 2.75) is 89.0 Å². The lowest BCUT2D eigenvalue weighted by atomic mass is 10.0. The Bertz CT molecular complexity index is 761. The number of aromatic hydroxyl groups is 1. The fraction of sp³-hybridized carbons (Fsp3) is 0.536. The van der Waals surface area contributed by atoms with Crippen molar-refractivity contribution < 1.29 is 14.6 Å². The number of phenolic OH excluding ortho intramolecular Hbond substituents is 1. The average Bonchev–Trinajstić information content (AvgIpc) is 2.81. The zero-order valence-electron chi connectivity index (χ0n) is 22.4. The summed E-state index contributed by atoms with van der Waals surface area (Å²) in [6, 6.07) is 9.24. The van der Waals surface area contributed by atoms with Gasteiger partial charge in [0.1, 0.15) is 17.2 Å². The van der Waals surface area contributed by atoms with Gasteiger partial charge in [-0.1, -0.05) is 60.6 Å². The molecule has 0 saturated heterocycles. The third-order valence-electron chi connectivity index (χ3n) is 4.49. The fourth-order valence-electron chi connectivity index (χ4n) is 3.13. The molecule has 0 aliphatic heterocycles. The summed E-state index contributed by atoms with van der Waals surface area (Å²) in [6.45, 7) is 23.5. The molecule has 0 aliphatic rings. The minimum Gasteiger partial charge on any atom is -0.508 e. The van der Waals surface area contributed by atoms with Gasteiger partial charge in [-0.15, -0.1) is 0 Å². The highest BCUT2D eigenvalue weighted by atomic mass is 16.5. The van der Waals surface area contributed by atoms with Crippen LogP contribution in [0.2, 0.25) is 0 Å². The Balaban J connectivity index is 0. The summed E-state index contributed by atoms with van der Waals surface area (Å²) in [4.78, 5) is 14.4. The molecule has 0 radical (unpaired) electrons. The molecule has 0 aliphatic carbocycles. The minimum atomic E-state index is 0.163. The summed E-state index contributed by atoms with van der Waals surface area (Å²) in [7, 11) is 0. The van der Waals surface area contributed by atoms with Gasteiger partial charge in [0.15, 0.2) is 0 Å². The van der Waals surface area contributed by atoms with Crippen molar-refractivity contribution in [2.75, 3.05) is 13.1 Å². The molecular weight excluding hydrogens is 398 g/mol. The Morgan fingerprint density at radius 2 is 1.41 bits per heavy atom. The number of likely N-dealkylation sites (N-methyl/N-ethyl adjacent to an activating group) is 1. The first-order valence-corrected chi connectivity index (χ1v) is 12.2. The third-order valence-corrected chi connectivity index (χ3v) is 4.49. The quantitative estimate of drug-likeness (QED) is 0.470. The smallest absolute Gasteiger partial charge is 0.226 e. The van der Waals surface area contributed by atoms with E-state index in [2.05, 4.69) is 6.92 Å². The van der Waals surface area contributed by atoms with Gasteiger partial charge in [0.2, 0.25) is 5.91 Å². The van der Waals surface area contributed by atoms with Crippen LogP contribution in [0, 0.1) is 20.8 Å². The van der Waals surface area contributed by atoms with Crippen molar-refractivity contribution in [3.8, 4) is 17.2 Å². The highest BCUT2D eigenvalue weighted by molar-refractivity contribution is 5.79. The molecule has 0 heterocycles. The van der Waals surface area contributed by atoms with Gasteiger partial charge < -0.3 is 14.7 Å². The van der Waals surface area contributed by atoms with Crippen molar-refractivity contribution in [1.29, 1.82) is 0 Å². The molecule has 2 aromatic rings. The Labute approximate surface area is 197 Å². The van der Waals surface area contributed by atoms with Gasteiger partial charge in [-0.25, -0.2) is 0 Å². The molecule has 1 N–H and O–H groups in total. The second-order valence-electron chi connectivity index (χ2n) is 6.76. The molecule has 0 unspecified atom stereocenters. The van der Waals surface area contributed by atoms with Gasteiger partial charge in [-0.3, -0.25) is 4.79 Å². The first-order chi connectivity index (χ1) is 15.3. The summed E-state index contributed by atoms with van der Waals surface area (Å²) < 4.78 is 6.04. The maximum Gasteiger partial charge on any atom is 0.226 e. The van der Waals surface area contributed by atoms with Crippen LogP contribution in [0.1, 0.15) is 84.1 Å². The number of aryl methyl sites for hydroxylation is 3. The van der Waals surface area contributed by atoms with Crippen molar-refractivity contribution in [3.05, 3.63) is 52.6 Å². The van der Waals surface area contributed by atoms with Crippen molar-refractivity contribution >= 4 is 5.91 Å². The number of carbonyl (C=O) groups excluding carboxylic acids is 1. The molecule has 182 valence electrons. The number of rotatable bonds is 7. The molecule has 2 aromatic carbocycles. The second kappa shape index (κ2) is 18.1. The van der Waals surface area contributed by atoms with Gasteiger partial charge in [0, 0.05) is 13.1 Å². The first kappa shape index (κ1) is 31.7. The zero-order valence-corrected chi connectivity index (χ0v) is 22.4. The third kappa shape index (κ3) is 10.2. The zero-order chi connectivity index (χ0) is 25.3. The van der Waals surface area contributed by atoms with E-state index in [1.54, 1.807) is 12.1 Å². The monoisotopic (exact) mass is 445 g/mol. The van der Waals surface area contributed by atoms with E-state index in [9.17, 15) is 9.90 Å². The Morgan fingerprint density at radius 3 is 1.84 bits per heavy atom. The SMILES string of the molecule is CC.CC.CC.CCCN(CC)C(=O)Cc1cc(C)c(Oc2ccc(O)c(C)c2)c(C)c1. The number of carbonyl (C=O) groups is 1. The van der Waals surface area contributed by atoms with E-state index in [0.717, 1.165) is 47.5 Å². The highest BCUT2D eigenvalue weighted by Crippen LogP contribution is 2.32. The number of phenols is 1. The normalized spacial score (nSPS) is 9.22. The summed E-state index contributed by atoms with van der Waals surface area (Å²) in [5.74, 6) is 1.91. The average molecular weight is 446 g/mol. The standard InChI is InChI=1S/C22H29NO3.3C2H6/c1-6-10-23(7-2)21(25)14-18-11-16(4)22(17(5)12-18)26-19-8-9-20(24)15(3)13-19;3*1-2/h8-9,11-13,24H,6-7,10,14H2,1-5H3;3*1-2H3. The predicted octanol–water partition coefficient (Wildman–Crippen LogP) is 7.99. The van der Waals surface area contributed by atoms with Gasteiger partial charge in [0.25, 0.3) is 0 Å². The van der Waals surface area contributed by atoms with Gasteiger partial charge in [-0.2, -0.15) is 0 Å². The summed E-state index contributed by atoms with van der Waals surface area (Å²) in [5.41, 5.74) is 3.78. The van der Waals surface area contributed by atoms with Crippen LogP contribution in [-0.2, 0) is 11.2 Å². The lowest BCUT2D eigenvalue weighted by molar-refractivity contribution is -0.130. The Morgan fingerprint density at radius 1 is 0.875 bits per heavy atom. The molecule has 4 nitrogen and oxygen atoms in total. The van der Waals surface area contributed by atoms with Crippen LogP contribution in [0.4, 0.5) is 0 Å². The summed E-state index contributed by atoms with van der Waals surface area (Å²) in [6.07, 6.45) is 1.38. The summed E-state index contributed by atoms with van der Waals surface area (Å²) >= 11 is 0. The molecule has 0 saturated carbocycles. The largest absolute Gasteiger partial charge is 0.508 e. The van der Waals surface area contributed by atoms with Crippen LogP contribution in [0.25, 0.3) is 0 Å². The van der Waals surface area contributed by atoms with Crippen molar-refractivity contribution in [3.63, 3.8) is 0 Å². The van der Waals surface area contributed by atoms with E-state index in [4.69, 9.17) is 4.74 Å². The molecule has 4 heteroatoms. The molecule has 0 atom stereocenters. The second-order valence-corrected chi connectivity index (χ2v) is 6.76. The predicted molar refractivity (Wildman–Crippen MR) is 139 cm³/mol. The van der Waals surface area contributed by atoms with E-state index in [1.165, 1.54) is 0 Å². The highest BCUT2D eigenvalue weighted by Gasteiger charge is 2.14. The number of hydrogen-bond donors (Lipinski definition) is 1. The molecule has 0 fully saturated rings. The fourth-order valence-corrected chi connectivity index (χ4v) is 3.13. The van der Waals surface area contributed by atoms with Crippen LogP contribution in [-0.4, -0.2) is 29.0 Å². The summed E-state index contributed by atoms with van der Waals surface area (Å²) in [5, 5.41) is 9.65. The van der Waals surface area contributed by atoms with Crippen LogP contribution in [0.5, 0.6) is 17.2 Å². The van der Waals surface area contributed by atoms with Gasteiger partial charge in [0.05, 0.1) is 6.42 Å².